The van der Waals surface area contributed by atoms with E-state index in [1.54, 1.807) is 32.0 Å². The van der Waals surface area contributed by atoms with Crippen molar-refractivity contribution in [3.8, 4) is 0 Å². The van der Waals surface area contributed by atoms with Crippen molar-refractivity contribution in [3.05, 3.63) is 40.2 Å². The minimum atomic E-state index is -3.58. The van der Waals surface area contributed by atoms with E-state index in [4.69, 9.17) is 4.42 Å². The zero-order valence-electron chi connectivity index (χ0n) is 12.2. The number of hydrogen-bond donors (Lipinski definition) is 2. The summed E-state index contributed by atoms with van der Waals surface area (Å²) in [6.45, 7) is 5.42. The summed E-state index contributed by atoms with van der Waals surface area (Å²) < 4.78 is 32.3. The van der Waals surface area contributed by atoms with Crippen LogP contribution in [0.4, 0.5) is 0 Å². The molecule has 2 heterocycles. The van der Waals surface area contributed by atoms with Crippen molar-refractivity contribution < 1.29 is 17.9 Å². The van der Waals surface area contributed by atoms with Crippen LogP contribution < -0.4 is 4.72 Å². The molecule has 0 radical (unpaired) electrons. The Morgan fingerprint density at radius 3 is 2.62 bits per heavy atom. The van der Waals surface area contributed by atoms with Crippen LogP contribution in [-0.4, -0.2) is 20.1 Å². The average Bonchev–Trinajstić information content (AvgIpc) is 3.03. The van der Waals surface area contributed by atoms with Gasteiger partial charge in [0.05, 0.1) is 6.10 Å². The SMILES string of the molecule is CCc1ccc(S(=O)(=O)NCC(O)c2cc(C)oc2C)s1. The topological polar surface area (TPSA) is 79.5 Å². The van der Waals surface area contributed by atoms with Gasteiger partial charge >= 0.3 is 0 Å². The first-order valence-electron chi connectivity index (χ1n) is 6.67. The monoisotopic (exact) mass is 329 g/mol. The third kappa shape index (κ3) is 3.74. The van der Waals surface area contributed by atoms with Crippen LogP contribution in [0.15, 0.2) is 26.8 Å². The summed E-state index contributed by atoms with van der Waals surface area (Å²) in [5.41, 5.74) is 0.607. The number of rotatable bonds is 6. The Hall–Kier alpha value is -1.15. The smallest absolute Gasteiger partial charge is 0.250 e. The van der Waals surface area contributed by atoms with Crippen molar-refractivity contribution >= 4 is 21.4 Å². The molecule has 2 N–H and O–H groups in total. The predicted molar refractivity (Wildman–Crippen MR) is 82.0 cm³/mol. The molecule has 1 unspecified atom stereocenters. The zero-order valence-corrected chi connectivity index (χ0v) is 13.8. The number of aryl methyl sites for hydroxylation is 3. The number of aliphatic hydroxyl groups is 1. The van der Waals surface area contributed by atoms with Crippen molar-refractivity contribution in [2.24, 2.45) is 0 Å². The maximum Gasteiger partial charge on any atom is 0.250 e. The molecule has 0 amide bonds. The van der Waals surface area contributed by atoms with Crippen LogP contribution in [0.1, 0.15) is 35.0 Å². The number of nitrogens with one attached hydrogen (secondary N) is 1. The molecule has 0 aliphatic carbocycles. The molecular formula is C14H19NO4S2. The van der Waals surface area contributed by atoms with Crippen LogP contribution in [0, 0.1) is 13.8 Å². The van der Waals surface area contributed by atoms with E-state index < -0.39 is 16.1 Å². The van der Waals surface area contributed by atoms with Gasteiger partial charge in [-0.1, -0.05) is 6.92 Å². The maximum absolute atomic E-state index is 12.2. The van der Waals surface area contributed by atoms with Gasteiger partial charge in [0.1, 0.15) is 15.7 Å². The number of hydrogen-bond acceptors (Lipinski definition) is 5. The van der Waals surface area contributed by atoms with Crippen LogP contribution >= 0.6 is 11.3 Å². The molecule has 5 nitrogen and oxygen atoms in total. The van der Waals surface area contributed by atoms with Crippen molar-refractivity contribution in [1.82, 2.24) is 4.72 Å². The van der Waals surface area contributed by atoms with Gasteiger partial charge in [-0.25, -0.2) is 13.1 Å². The summed E-state index contributed by atoms with van der Waals surface area (Å²) in [4.78, 5) is 1.01. The first kappa shape index (κ1) is 16.2. The van der Waals surface area contributed by atoms with Gasteiger partial charge in [0.2, 0.25) is 10.0 Å². The lowest BCUT2D eigenvalue weighted by molar-refractivity contribution is 0.180. The van der Waals surface area contributed by atoms with Crippen LogP contribution in [0.2, 0.25) is 0 Å². The molecule has 0 fully saturated rings. The summed E-state index contributed by atoms with van der Waals surface area (Å²) in [5.74, 6) is 1.29. The van der Waals surface area contributed by atoms with Crippen molar-refractivity contribution in [3.63, 3.8) is 0 Å². The molecule has 2 rings (SSSR count). The molecule has 1 atom stereocenters. The van der Waals surface area contributed by atoms with Gasteiger partial charge in [-0.3, -0.25) is 0 Å². The van der Waals surface area contributed by atoms with Crippen molar-refractivity contribution in [2.45, 2.75) is 37.5 Å². The highest BCUT2D eigenvalue weighted by molar-refractivity contribution is 7.91. The second-order valence-corrected chi connectivity index (χ2v) is 7.97. The van der Waals surface area contributed by atoms with E-state index in [0.29, 0.717) is 17.1 Å². The maximum atomic E-state index is 12.2. The summed E-state index contributed by atoms with van der Waals surface area (Å²) in [7, 11) is -3.58. The highest BCUT2D eigenvalue weighted by Crippen LogP contribution is 2.24. The fourth-order valence-electron chi connectivity index (χ4n) is 2.04. The number of thiophene rings is 1. The summed E-state index contributed by atoms with van der Waals surface area (Å²) >= 11 is 1.24. The second-order valence-electron chi connectivity index (χ2n) is 4.81. The lowest BCUT2D eigenvalue weighted by Gasteiger charge is -2.10. The minimum Gasteiger partial charge on any atom is -0.466 e. The molecule has 0 aliphatic rings. The number of sulfonamides is 1. The van der Waals surface area contributed by atoms with E-state index in [-0.39, 0.29) is 10.8 Å². The Kier molecular flexibility index (Phi) is 4.88. The predicted octanol–water partition coefficient (Wildman–Crippen LogP) is 2.53. The van der Waals surface area contributed by atoms with Crippen LogP contribution in [0.25, 0.3) is 0 Å². The zero-order chi connectivity index (χ0) is 15.6. The van der Waals surface area contributed by atoms with Gasteiger partial charge in [0, 0.05) is 17.0 Å². The van der Waals surface area contributed by atoms with Crippen LogP contribution in [0.5, 0.6) is 0 Å². The molecule has 0 saturated carbocycles. The van der Waals surface area contributed by atoms with Gasteiger partial charge < -0.3 is 9.52 Å². The third-order valence-corrected chi connectivity index (χ3v) is 6.30. The van der Waals surface area contributed by atoms with Gasteiger partial charge in [0.15, 0.2) is 0 Å². The molecule has 21 heavy (non-hydrogen) atoms. The quantitative estimate of drug-likeness (QED) is 0.853. The van der Waals surface area contributed by atoms with Crippen molar-refractivity contribution in [2.75, 3.05) is 6.54 Å². The second kappa shape index (κ2) is 6.31. The Morgan fingerprint density at radius 1 is 1.38 bits per heavy atom. The van der Waals surface area contributed by atoms with Gasteiger partial charge in [-0.15, -0.1) is 11.3 Å². The summed E-state index contributed by atoms with van der Waals surface area (Å²) in [6.07, 6.45) is -0.126. The van der Waals surface area contributed by atoms with E-state index in [9.17, 15) is 13.5 Å². The number of furan rings is 1. The summed E-state index contributed by atoms with van der Waals surface area (Å²) in [5, 5.41) is 10.1. The molecule has 7 heteroatoms. The van der Waals surface area contributed by atoms with E-state index in [1.807, 2.05) is 6.92 Å². The normalized spacial score (nSPS) is 13.5. The highest BCUT2D eigenvalue weighted by Gasteiger charge is 2.20. The van der Waals surface area contributed by atoms with Crippen LogP contribution in [0.3, 0.4) is 0 Å². The third-order valence-electron chi connectivity index (χ3n) is 3.16. The highest BCUT2D eigenvalue weighted by atomic mass is 32.2. The van der Waals surface area contributed by atoms with Gasteiger partial charge in [0.25, 0.3) is 0 Å². The standard InChI is InChI=1S/C14H19NO4S2/c1-4-11-5-6-14(20-11)21(17,18)15-8-13(16)12-7-9(2)19-10(12)3/h5-7,13,15-16H,4,8H2,1-3H3. The Labute approximate surface area is 128 Å². The van der Waals surface area contributed by atoms with E-state index >= 15 is 0 Å². The van der Waals surface area contributed by atoms with E-state index in [1.165, 1.54) is 11.3 Å². The summed E-state index contributed by atoms with van der Waals surface area (Å²) in [6, 6.07) is 5.11. The average molecular weight is 329 g/mol. The van der Waals surface area contributed by atoms with Crippen LogP contribution in [-0.2, 0) is 16.4 Å². The molecule has 2 aromatic rings. The van der Waals surface area contributed by atoms with Gasteiger partial charge in [-0.2, -0.15) is 0 Å². The largest absolute Gasteiger partial charge is 0.466 e. The van der Waals surface area contributed by atoms with E-state index in [0.717, 1.165) is 11.3 Å². The lowest BCUT2D eigenvalue weighted by atomic mass is 10.1. The van der Waals surface area contributed by atoms with Gasteiger partial charge in [-0.05, 0) is 38.5 Å². The fourth-order valence-corrected chi connectivity index (χ4v) is 4.42. The Balaban J connectivity index is 2.06. The number of aliphatic hydroxyl groups excluding tert-OH is 1. The molecule has 0 saturated heterocycles. The Bertz CT molecular complexity index is 715. The molecule has 2 aromatic heterocycles. The Morgan fingerprint density at radius 2 is 2.10 bits per heavy atom. The van der Waals surface area contributed by atoms with Crippen molar-refractivity contribution in [1.29, 1.82) is 0 Å². The molecule has 0 bridgehead atoms. The lowest BCUT2D eigenvalue weighted by Crippen LogP contribution is -2.28. The fraction of sp³-hybridized carbons (Fsp3) is 0.429. The van der Waals surface area contributed by atoms with E-state index in [2.05, 4.69) is 4.72 Å². The molecule has 0 aromatic carbocycles. The molecule has 0 spiro atoms. The first-order valence-corrected chi connectivity index (χ1v) is 8.97. The molecular weight excluding hydrogens is 310 g/mol. The minimum absolute atomic E-state index is 0.0818. The first-order chi connectivity index (χ1) is 9.83. The molecule has 0 aliphatic heterocycles. The molecule has 116 valence electrons.